The Bertz CT molecular complexity index is 5220. The Hall–Kier alpha value is -12.6. The van der Waals surface area contributed by atoms with Crippen LogP contribution in [0.25, 0.3) is 33.4 Å². The lowest BCUT2D eigenvalue weighted by molar-refractivity contribution is 1.13. The van der Waals surface area contributed by atoms with Crippen LogP contribution in [0.15, 0.2) is 382 Å². The molecule has 0 spiro atoms. The minimum absolute atomic E-state index is 1.03. The molecule has 606 valence electrons. The summed E-state index contributed by atoms with van der Waals surface area (Å²) in [7, 11) is 0. The van der Waals surface area contributed by atoms with Crippen LogP contribution in [-0.4, -0.2) is 4.98 Å². The van der Waals surface area contributed by atoms with Crippen LogP contribution in [0.2, 0.25) is 0 Å². The second-order valence-corrected chi connectivity index (χ2v) is 31.9. The molecular formula is C118H129N. The zero-order chi connectivity index (χ0) is 85.9. The molecule has 0 radical (unpaired) electrons. The molecule has 0 amide bonds. The Morgan fingerprint density at radius 3 is 0.681 bits per heavy atom. The molecule has 1 nitrogen and oxygen atoms in total. The van der Waals surface area contributed by atoms with Crippen LogP contribution in [0.3, 0.4) is 0 Å². The maximum absolute atomic E-state index is 3.98. The van der Waals surface area contributed by atoms with Crippen molar-refractivity contribution in [1.82, 2.24) is 4.98 Å². The van der Waals surface area contributed by atoms with Gasteiger partial charge in [-0.15, -0.1) is 0 Å². The predicted octanol–water partition coefficient (Wildman–Crippen LogP) is 32.2. The van der Waals surface area contributed by atoms with Crippen LogP contribution >= 0.6 is 0 Å². The number of pyridine rings is 1. The minimum atomic E-state index is 1.03. The van der Waals surface area contributed by atoms with Crippen molar-refractivity contribution in [3.63, 3.8) is 0 Å². The first kappa shape index (κ1) is 93.6. The highest BCUT2D eigenvalue weighted by Crippen LogP contribution is 2.27. The van der Waals surface area contributed by atoms with E-state index in [4.69, 9.17) is 0 Å². The summed E-state index contributed by atoms with van der Waals surface area (Å²) in [5.74, 6) is 0. The van der Waals surface area contributed by atoms with Crippen LogP contribution in [0.5, 0.6) is 0 Å². The predicted molar refractivity (Wildman–Crippen MR) is 521 cm³/mol. The van der Waals surface area contributed by atoms with Crippen LogP contribution in [0.1, 0.15) is 145 Å². The van der Waals surface area contributed by atoms with E-state index in [0.29, 0.717) is 0 Å². The quantitative estimate of drug-likeness (QED) is 0.140. The van der Waals surface area contributed by atoms with Gasteiger partial charge in [0.05, 0.1) is 0 Å². The molecule has 0 aliphatic heterocycles. The molecule has 15 aromatic carbocycles. The highest BCUT2D eigenvalue weighted by molar-refractivity contribution is 5.70. The fraction of sp³-hybridized carbons (Fsp3) is 0.195. The summed E-state index contributed by atoms with van der Waals surface area (Å²) in [5, 5.41) is 0. The van der Waals surface area contributed by atoms with Gasteiger partial charge in [-0.2, -0.15) is 0 Å². The first-order valence-corrected chi connectivity index (χ1v) is 41.9. The average molecular weight is 1560 g/mol. The number of benzene rings is 15. The number of hydrogen-bond acceptors (Lipinski definition) is 1. The molecular weight excluding hydrogens is 1430 g/mol. The van der Waals surface area contributed by atoms with E-state index in [2.05, 4.69) is 500 Å². The molecule has 0 saturated heterocycles. The van der Waals surface area contributed by atoms with E-state index in [1.807, 2.05) is 26.2 Å². The van der Waals surface area contributed by atoms with Crippen LogP contribution < -0.4 is 0 Å². The molecule has 0 fully saturated rings. The number of hydrogen-bond donors (Lipinski definition) is 0. The second kappa shape index (κ2) is 50.8. The summed E-state index contributed by atoms with van der Waals surface area (Å²) in [4.78, 5) is 3.98. The van der Waals surface area contributed by atoms with Gasteiger partial charge in [-0.1, -0.05) is 437 Å². The van der Waals surface area contributed by atoms with E-state index >= 15 is 0 Å². The van der Waals surface area contributed by atoms with Crippen molar-refractivity contribution >= 4 is 0 Å². The summed E-state index contributed by atoms with van der Waals surface area (Å²) in [6.07, 6.45) is 6.81. The Morgan fingerprint density at radius 1 is 0.151 bits per heavy atom. The number of aromatic nitrogens is 1. The molecule has 0 aliphatic carbocycles. The highest BCUT2D eigenvalue weighted by Gasteiger charge is 2.06. The first-order valence-electron chi connectivity index (χ1n) is 41.9. The monoisotopic (exact) mass is 1560 g/mol. The summed E-state index contributed by atoms with van der Waals surface area (Å²) < 4.78 is 0. The van der Waals surface area contributed by atoms with E-state index in [9.17, 15) is 0 Å². The molecule has 1 heteroatoms. The fourth-order valence-corrected chi connectivity index (χ4v) is 13.1. The standard InChI is InChI=1S/3C15H16.3C14H14.3C8H10.C7H9N/c1-12-3-7-14(8-4-12)11-15-9-5-13(2)6-10-15;1-12-5-3-7-14(9-12)11-15-8-4-6-13(2)10-15;1-12-7-3-5-9-14(12)11-15-10-6-4-8-13(15)2;1-11-3-7-13(8-4-11)14-9-5-12(2)6-10-14;1-11-5-3-7-13(9-11)14-8-4-6-12(2)10-14;1-11-7-3-5-9-13(11)14-10-6-4-8-12(14)2;1-7-3-5-8(2)6-4-7;1-7-4-3-5-8(2)6-7;1-7-5-3-4-6-8(7)2;1-6-3-7(2)5-8-4-6/h3*3-10H,11H2,1-2H3;3*3-10H,1-2H3;3*3-6H,1-2H3;3-5H,1-2H3. The molecule has 0 aliphatic rings. The molecule has 0 bridgehead atoms. The maximum Gasteiger partial charge on any atom is 0.0297 e. The van der Waals surface area contributed by atoms with Gasteiger partial charge < -0.3 is 0 Å². The van der Waals surface area contributed by atoms with E-state index in [0.717, 1.165) is 19.3 Å². The molecule has 1 aromatic heterocycles. The summed E-state index contributed by atoms with van der Waals surface area (Å²) in [5.41, 5.74) is 42.7. The minimum Gasteiger partial charge on any atom is -0.264 e. The summed E-state index contributed by atoms with van der Waals surface area (Å²) in [6.45, 7) is 42.4. The van der Waals surface area contributed by atoms with Crippen LogP contribution in [0.4, 0.5) is 0 Å². The number of nitrogens with zero attached hydrogens (tertiary/aromatic N) is 1. The summed E-state index contributed by atoms with van der Waals surface area (Å²) >= 11 is 0. The van der Waals surface area contributed by atoms with Crippen molar-refractivity contribution in [2.75, 3.05) is 0 Å². The molecule has 0 saturated carbocycles. The summed E-state index contributed by atoms with van der Waals surface area (Å²) in [6, 6.07) is 131. The van der Waals surface area contributed by atoms with E-state index in [1.165, 1.54) is 178 Å². The van der Waals surface area contributed by atoms with Crippen molar-refractivity contribution in [3.8, 4) is 33.4 Å². The van der Waals surface area contributed by atoms with Gasteiger partial charge in [0.15, 0.2) is 0 Å². The molecule has 16 rings (SSSR count). The average Bonchev–Trinajstić information content (AvgIpc) is 0.859. The van der Waals surface area contributed by atoms with Gasteiger partial charge in [-0.3, -0.25) is 4.98 Å². The van der Waals surface area contributed by atoms with E-state index in [1.54, 1.807) is 0 Å². The van der Waals surface area contributed by atoms with Crippen molar-refractivity contribution in [2.45, 2.75) is 158 Å². The maximum atomic E-state index is 3.98. The Balaban J connectivity index is 0.000000184. The SMILES string of the molecule is Cc1ccc(-c2ccc(C)cc2)cc1.Cc1ccc(C)cc1.Cc1ccc(Cc2ccc(C)cc2)cc1.Cc1cccc(-c2cccc(C)c2)c1.Cc1cccc(C)c1.Cc1cccc(Cc2cccc(C)c2)c1.Cc1ccccc1-c1ccccc1C.Cc1ccccc1C.Cc1ccccc1Cc1ccccc1C.Cc1cncc(C)c1. The Kier molecular flexibility index (Phi) is 40.0. The second-order valence-electron chi connectivity index (χ2n) is 31.9. The van der Waals surface area contributed by atoms with Gasteiger partial charge in [0.1, 0.15) is 0 Å². The van der Waals surface area contributed by atoms with Crippen molar-refractivity contribution in [1.29, 1.82) is 0 Å². The van der Waals surface area contributed by atoms with Crippen LogP contribution in [0, 0.1) is 138 Å². The van der Waals surface area contributed by atoms with Gasteiger partial charge in [-0.25, -0.2) is 0 Å². The Morgan fingerprint density at radius 2 is 0.403 bits per heavy atom. The first-order chi connectivity index (χ1) is 57.2. The van der Waals surface area contributed by atoms with Gasteiger partial charge in [0.25, 0.3) is 0 Å². The molecule has 0 unspecified atom stereocenters. The lowest BCUT2D eigenvalue weighted by Crippen LogP contribution is -1.93. The van der Waals surface area contributed by atoms with Crippen molar-refractivity contribution in [3.05, 3.63) is 527 Å². The van der Waals surface area contributed by atoms with Gasteiger partial charge >= 0.3 is 0 Å². The number of aryl methyl sites for hydroxylation is 20. The normalized spacial score (nSPS) is 9.95. The molecule has 1 heterocycles. The highest BCUT2D eigenvalue weighted by atomic mass is 14.6. The molecule has 16 aromatic rings. The zero-order valence-corrected chi connectivity index (χ0v) is 74.9. The van der Waals surface area contributed by atoms with E-state index in [-0.39, 0.29) is 0 Å². The van der Waals surface area contributed by atoms with Gasteiger partial charge in [-0.05, 0) is 269 Å². The topological polar surface area (TPSA) is 12.9 Å². The van der Waals surface area contributed by atoms with Crippen molar-refractivity contribution < 1.29 is 0 Å². The third-order valence-corrected chi connectivity index (χ3v) is 20.3. The fourth-order valence-electron chi connectivity index (χ4n) is 13.1. The number of rotatable bonds is 9. The largest absolute Gasteiger partial charge is 0.264 e. The molecule has 119 heavy (non-hydrogen) atoms. The van der Waals surface area contributed by atoms with Crippen LogP contribution in [-0.2, 0) is 19.3 Å². The Labute approximate surface area is 718 Å². The third-order valence-electron chi connectivity index (χ3n) is 20.3. The zero-order valence-electron chi connectivity index (χ0n) is 74.9. The lowest BCUT2D eigenvalue weighted by atomic mass is 9.97. The smallest absolute Gasteiger partial charge is 0.0297 e. The van der Waals surface area contributed by atoms with Crippen molar-refractivity contribution in [2.24, 2.45) is 0 Å². The van der Waals surface area contributed by atoms with Gasteiger partial charge in [0.2, 0.25) is 0 Å². The lowest BCUT2D eigenvalue weighted by Gasteiger charge is -2.08. The molecule has 0 N–H and O–H groups in total. The van der Waals surface area contributed by atoms with E-state index < -0.39 is 0 Å². The van der Waals surface area contributed by atoms with Gasteiger partial charge in [0, 0.05) is 12.4 Å². The molecule has 0 atom stereocenters. The third kappa shape index (κ3) is 36.2.